The highest BCUT2D eigenvalue weighted by atomic mass is 32.2. The van der Waals surface area contributed by atoms with Crippen molar-refractivity contribution in [1.29, 1.82) is 0 Å². The molecule has 0 unspecified atom stereocenters. The Morgan fingerprint density at radius 1 is 0.931 bits per heavy atom. The summed E-state index contributed by atoms with van der Waals surface area (Å²) in [6, 6.07) is 15.5. The van der Waals surface area contributed by atoms with Crippen molar-refractivity contribution in [2.24, 2.45) is 0 Å². The number of hydrogen-bond acceptors (Lipinski definition) is 4. The van der Waals surface area contributed by atoms with Gasteiger partial charge in [-0.3, -0.25) is 0 Å². The van der Waals surface area contributed by atoms with Gasteiger partial charge in [0.2, 0.25) is 0 Å². The van der Waals surface area contributed by atoms with E-state index in [0.717, 1.165) is 36.8 Å². The minimum Gasteiger partial charge on any atom is -0.493 e. The van der Waals surface area contributed by atoms with E-state index in [1.165, 1.54) is 4.31 Å². The molecule has 3 rings (SSSR count). The molecule has 0 bridgehead atoms. The molecule has 0 amide bonds. The Balaban J connectivity index is 1.67. The molecule has 2 aromatic rings. The van der Waals surface area contributed by atoms with Crippen LogP contribution in [0.3, 0.4) is 0 Å². The molecule has 0 radical (unpaired) electrons. The largest absolute Gasteiger partial charge is 0.493 e. The van der Waals surface area contributed by atoms with Gasteiger partial charge in [-0.2, -0.15) is 17.0 Å². The molecule has 1 heterocycles. The summed E-state index contributed by atoms with van der Waals surface area (Å²) < 4.78 is 40.2. The van der Waals surface area contributed by atoms with Gasteiger partial charge in [-0.05, 0) is 36.1 Å². The zero-order valence-electron chi connectivity index (χ0n) is 17.2. The van der Waals surface area contributed by atoms with Crippen LogP contribution in [0.15, 0.2) is 48.5 Å². The molecule has 29 heavy (non-hydrogen) atoms. The average molecular weight is 419 g/mol. The van der Waals surface area contributed by atoms with Crippen LogP contribution in [0.4, 0.5) is 0 Å². The highest BCUT2D eigenvalue weighted by molar-refractivity contribution is 7.86. The molecule has 7 heteroatoms. The van der Waals surface area contributed by atoms with E-state index in [4.69, 9.17) is 9.47 Å². The van der Waals surface area contributed by atoms with Crippen molar-refractivity contribution in [1.82, 2.24) is 8.61 Å². The van der Waals surface area contributed by atoms with E-state index in [9.17, 15) is 8.42 Å². The number of benzene rings is 2. The van der Waals surface area contributed by atoms with Crippen LogP contribution in [0.2, 0.25) is 0 Å². The summed E-state index contributed by atoms with van der Waals surface area (Å²) >= 11 is 0. The third kappa shape index (κ3) is 5.72. The fourth-order valence-electron chi connectivity index (χ4n) is 3.47. The summed E-state index contributed by atoms with van der Waals surface area (Å²) in [5, 5.41) is 0. The first-order chi connectivity index (χ1) is 14.0. The quantitative estimate of drug-likeness (QED) is 0.654. The smallest absolute Gasteiger partial charge is 0.282 e. The number of ether oxygens (including phenoxy) is 2. The van der Waals surface area contributed by atoms with Crippen molar-refractivity contribution in [2.75, 3.05) is 27.2 Å². The molecular weight excluding hydrogens is 388 g/mol. The summed E-state index contributed by atoms with van der Waals surface area (Å²) in [5.74, 6) is 1.23. The van der Waals surface area contributed by atoms with Crippen molar-refractivity contribution in [3.05, 3.63) is 59.7 Å². The van der Waals surface area contributed by atoms with Crippen LogP contribution < -0.4 is 9.47 Å². The first kappa shape index (κ1) is 21.6. The summed E-state index contributed by atoms with van der Waals surface area (Å²) in [6.07, 6.45) is 4.04. The lowest BCUT2D eigenvalue weighted by Gasteiger charge is -2.26. The fraction of sp³-hybridized carbons (Fsp3) is 0.455. The minimum atomic E-state index is -3.46. The Labute approximate surface area is 174 Å². The molecule has 0 saturated carbocycles. The minimum absolute atomic E-state index is 0.286. The standard InChI is InChI=1S/C22H30N2O4S/c1-23(29(25,26)24-14-8-3-4-9-15-24)17-20-12-13-21(22(16-20)27-2)28-18-19-10-6-5-7-11-19/h5-7,10-13,16H,3-4,8-9,14-15,17-18H2,1-2H3. The third-order valence-corrected chi connectivity index (χ3v) is 7.09. The van der Waals surface area contributed by atoms with Crippen LogP contribution in [-0.2, 0) is 23.4 Å². The van der Waals surface area contributed by atoms with E-state index in [0.29, 0.717) is 31.2 Å². The summed E-state index contributed by atoms with van der Waals surface area (Å²) in [7, 11) is -0.244. The van der Waals surface area contributed by atoms with E-state index in [-0.39, 0.29) is 6.54 Å². The van der Waals surface area contributed by atoms with Crippen molar-refractivity contribution in [2.45, 2.75) is 38.8 Å². The number of methoxy groups -OCH3 is 1. The predicted molar refractivity (Wildman–Crippen MR) is 114 cm³/mol. The van der Waals surface area contributed by atoms with Gasteiger partial charge in [-0.15, -0.1) is 0 Å². The highest BCUT2D eigenvalue weighted by Crippen LogP contribution is 2.29. The van der Waals surface area contributed by atoms with Crippen molar-refractivity contribution in [3.63, 3.8) is 0 Å². The van der Waals surface area contributed by atoms with Gasteiger partial charge in [0.05, 0.1) is 7.11 Å². The monoisotopic (exact) mass is 418 g/mol. The summed E-state index contributed by atoms with van der Waals surface area (Å²) in [6.45, 7) is 1.93. The number of rotatable bonds is 8. The molecule has 0 aromatic heterocycles. The van der Waals surface area contributed by atoms with Crippen molar-refractivity contribution < 1.29 is 17.9 Å². The maximum absolute atomic E-state index is 12.9. The van der Waals surface area contributed by atoms with E-state index in [2.05, 4.69) is 0 Å². The first-order valence-electron chi connectivity index (χ1n) is 10.1. The normalized spacial score (nSPS) is 15.8. The van der Waals surface area contributed by atoms with Crippen molar-refractivity contribution >= 4 is 10.2 Å². The maximum Gasteiger partial charge on any atom is 0.282 e. The van der Waals surface area contributed by atoms with Crippen LogP contribution in [0, 0.1) is 0 Å². The van der Waals surface area contributed by atoms with Gasteiger partial charge in [-0.1, -0.05) is 49.2 Å². The van der Waals surface area contributed by atoms with Crippen LogP contribution in [-0.4, -0.2) is 44.3 Å². The van der Waals surface area contributed by atoms with Gasteiger partial charge in [0.1, 0.15) is 6.61 Å². The van der Waals surface area contributed by atoms with Gasteiger partial charge in [0.25, 0.3) is 10.2 Å². The van der Waals surface area contributed by atoms with Gasteiger partial charge in [0, 0.05) is 26.7 Å². The lowest BCUT2D eigenvalue weighted by Crippen LogP contribution is -2.42. The van der Waals surface area contributed by atoms with Crippen LogP contribution >= 0.6 is 0 Å². The predicted octanol–water partition coefficient (Wildman–Crippen LogP) is 3.83. The Morgan fingerprint density at radius 2 is 1.62 bits per heavy atom. The molecule has 0 N–H and O–H groups in total. The van der Waals surface area contributed by atoms with Gasteiger partial charge < -0.3 is 9.47 Å². The molecule has 1 saturated heterocycles. The fourth-order valence-corrected chi connectivity index (χ4v) is 4.90. The van der Waals surface area contributed by atoms with Crippen LogP contribution in [0.25, 0.3) is 0 Å². The maximum atomic E-state index is 12.9. The zero-order valence-corrected chi connectivity index (χ0v) is 18.0. The number of hydrogen-bond donors (Lipinski definition) is 0. The Morgan fingerprint density at radius 3 is 2.28 bits per heavy atom. The molecule has 1 aliphatic rings. The summed E-state index contributed by atoms with van der Waals surface area (Å²) in [5.41, 5.74) is 1.93. The highest BCUT2D eigenvalue weighted by Gasteiger charge is 2.27. The lowest BCUT2D eigenvalue weighted by atomic mass is 10.2. The molecule has 0 atom stereocenters. The first-order valence-corrected chi connectivity index (χ1v) is 11.5. The van der Waals surface area contributed by atoms with E-state index in [1.54, 1.807) is 18.5 Å². The molecule has 0 spiro atoms. The molecule has 1 aliphatic heterocycles. The van der Waals surface area contributed by atoms with Crippen LogP contribution in [0.5, 0.6) is 11.5 Å². The molecule has 2 aromatic carbocycles. The third-order valence-electron chi connectivity index (χ3n) is 5.16. The van der Waals surface area contributed by atoms with Gasteiger partial charge in [0.15, 0.2) is 11.5 Å². The topological polar surface area (TPSA) is 59.1 Å². The van der Waals surface area contributed by atoms with Crippen molar-refractivity contribution in [3.8, 4) is 11.5 Å². The SMILES string of the molecule is COc1cc(CN(C)S(=O)(=O)N2CCCCCC2)ccc1OCc1ccccc1. The van der Waals surface area contributed by atoms with E-state index in [1.807, 2.05) is 48.5 Å². The van der Waals surface area contributed by atoms with E-state index >= 15 is 0 Å². The second-order valence-corrected chi connectivity index (χ2v) is 9.37. The van der Waals surface area contributed by atoms with Crippen LogP contribution in [0.1, 0.15) is 36.8 Å². The second kappa shape index (κ2) is 10.1. The number of nitrogens with zero attached hydrogens (tertiary/aromatic N) is 2. The van der Waals surface area contributed by atoms with E-state index < -0.39 is 10.2 Å². The molecule has 158 valence electrons. The molecule has 1 fully saturated rings. The Hall–Kier alpha value is -2.09. The summed E-state index contributed by atoms with van der Waals surface area (Å²) in [4.78, 5) is 0. The molecular formula is C22H30N2O4S. The second-order valence-electron chi connectivity index (χ2n) is 7.34. The lowest BCUT2D eigenvalue weighted by molar-refractivity contribution is 0.284. The van der Waals surface area contributed by atoms with Gasteiger partial charge >= 0.3 is 0 Å². The average Bonchev–Trinajstić information content (AvgIpc) is 3.03. The molecule has 0 aliphatic carbocycles. The zero-order chi connectivity index (χ0) is 20.7. The Bertz CT molecular complexity index is 879. The Kier molecular flexibility index (Phi) is 7.52. The molecule has 6 nitrogen and oxygen atoms in total. The van der Waals surface area contributed by atoms with Gasteiger partial charge in [-0.25, -0.2) is 0 Å².